The molecule has 0 unspecified atom stereocenters. The van der Waals surface area contributed by atoms with Crippen molar-refractivity contribution in [1.82, 2.24) is 19.4 Å². The van der Waals surface area contributed by atoms with E-state index in [2.05, 4.69) is 37.8 Å². The highest BCUT2D eigenvalue weighted by Crippen LogP contribution is 2.20. The van der Waals surface area contributed by atoms with Crippen LogP contribution in [0.5, 0.6) is 0 Å². The number of piperazine rings is 1. The number of fused-ring (bicyclic) bond motifs is 4. The molecular formula is C21H19BrN7O2+. The van der Waals surface area contributed by atoms with E-state index in [0.29, 0.717) is 16.9 Å². The number of pyridine rings is 1. The molecule has 5 rings (SSSR count). The van der Waals surface area contributed by atoms with E-state index < -0.39 is 5.43 Å². The van der Waals surface area contributed by atoms with Gasteiger partial charge in [-0.05, 0) is 25.1 Å². The second-order valence-electron chi connectivity index (χ2n) is 7.61. The second-order valence-corrected chi connectivity index (χ2v) is 8.53. The van der Waals surface area contributed by atoms with E-state index in [-0.39, 0.29) is 27.8 Å². The van der Waals surface area contributed by atoms with Gasteiger partial charge in [-0.25, -0.2) is 9.97 Å². The molecule has 1 aliphatic rings. The molecule has 10 heteroatoms. The molecule has 156 valence electrons. The Bertz CT molecular complexity index is 1510. The lowest BCUT2D eigenvalue weighted by molar-refractivity contribution is -0.898. The fraction of sp³-hybridized carbons (Fsp3) is 0.286. The van der Waals surface area contributed by atoms with E-state index in [1.165, 1.54) is 15.5 Å². The lowest BCUT2D eigenvalue weighted by atomic mass is 10.2. The monoisotopic (exact) mass is 480 g/mol. The maximum Gasteiger partial charge on any atom is 0.266 e. The van der Waals surface area contributed by atoms with Crippen LogP contribution in [-0.2, 0) is 0 Å². The number of hydrogen-bond donors (Lipinski definition) is 2. The molecule has 1 saturated heterocycles. The van der Waals surface area contributed by atoms with Crippen molar-refractivity contribution in [3.05, 3.63) is 55.0 Å². The molecule has 1 aromatic carbocycles. The van der Waals surface area contributed by atoms with Crippen molar-refractivity contribution in [2.24, 2.45) is 0 Å². The van der Waals surface area contributed by atoms with Gasteiger partial charge in [-0.3, -0.25) is 14.0 Å². The zero-order valence-corrected chi connectivity index (χ0v) is 18.4. The number of benzene rings is 1. The number of likely N-dealkylation sites (N-methyl/N-ethyl adjacent to an activating group) is 1. The number of rotatable bonds is 2. The number of halogens is 1. The van der Waals surface area contributed by atoms with E-state index in [9.17, 15) is 14.9 Å². The van der Waals surface area contributed by atoms with Gasteiger partial charge in [0.25, 0.3) is 5.56 Å². The Morgan fingerprint density at radius 2 is 2.06 bits per heavy atom. The van der Waals surface area contributed by atoms with Gasteiger partial charge >= 0.3 is 0 Å². The molecule has 0 amide bonds. The maximum atomic E-state index is 13.3. The summed E-state index contributed by atoms with van der Waals surface area (Å²) in [4.78, 5) is 42.1. The number of nitriles is 1. The van der Waals surface area contributed by atoms with Crippen LogP contribution >= 0.6 is 15.9 Å². The number of nitrogens with zero attached hydrogens (tertiary/aromatic N) is 5. The first-order chi connectivity index (χ1) is 15.0. The second kappa shape index (κ2) is 7.44. The van der Waals surface area contributed by atoms with E-state index in [1.54, 1.807) is 18.2 Å². The van der Waals surface area contributed by atoms with Crippen LogP contribution in [0.1, 0.15) is 12.5 Å². The number of H-pyrrole nitrogens is 1. The summed E-state index contributed by atoms with van der Waals surface area (Å²) < 4.78 is 2.08. The van der Waals surface area contributed by atoms with Crippen LogP contribution in [0.2, 0.25) is 0 Å². The minimum absolute atomic E-state index is 0.0733. The van der Waals surface area contributed by atoms with Crippen LogP contribution in [0.4, 0.5) is 5.95 Å². The summed E-state index contributed by atoms with van der Waals surface area (Å²) in [5, 5.41) is 10.1. The van der Waals surface area contributed by atoms with Crippen LogP contribution in [0.15, 0.2) is 38.5 Å². The lowest BCUT2D eigenvalue weighted by Crippen LogP contribution is -3.14. The molecule has 0 radical (unpaired) electrons. The van der Waals surface area contributed by atoms with Crippen LogP contribution in [0.25, 0.3) is 27.6 Å². The highest BCUT2D eigenvalue weighted by molar-refractivity contribution is 9.10. The summed E-state index contributed by atoms with van der Waals surface area (Å²) in [5.41, 5.74) is 0.0509. The summed E-state index contributed by atoms with van der Waals surface area (Å²) in [7, 11) is 0. The Labute approximate surface area is 184 Å². The third kappa shape index (κ3) is 3.08. The van der Waals surface area contributed by atoms with Crippen LogP contribution < -0.4 is 20.8 Å². The highest BCUT2D eigenvalue weighted by Gasteiger charge is 2.23. The third-order valence-electron chi connectivity index (χ3n) is 5.93. The molecular weight excluding hydrogens is 462 g/mol. The zero-order chi connectivity index (χ0) is 21.7. The fourth-order valence-corrected chi connectivity index (χ4v) is 4.53. The quantitative estimate of drug-likeness (QED) is 0.318. The van der Waals surface area contributed by atoms with Gasteiger partial charge in [0.1, 0.15) is 22.8 Å². The van der Waals surface area contributed by atoms with Crippen LogP contribution in [0.3, 0.4) is 0 Å². The van der Waals surface area contributed by atoms with Gasteiger partial charge in [0.15, 0.2) is 0 Å². The Hall–Kier alpha value is -3.29. The van der Waals surface area contributed by atoms with Gasteiger partial charge in [-0.1, -0.05) is 15.9 Å². The highest BCUT2D eigenvalue weighted by atomic mass is 79.9. The molecule has 4 aromatic rings. The number of anilines is 1. The standard InChI is InChI=1S/C21H18BrN7O2/c1-2-27-5-7-28(8-6-27)21-24-11-16-17(26-21)18(30)14(10-23)19-25-15-4-3-12(22)9-13(15)20(31)29(16)19/h3-4,9,11,25H,2,5-8H2,1H3/p+1. The first-order valence-electron chi connectivity index (χ1n) is 10.1. The molecule has 9 nitrogen and oxygen atoms in total. The first-order valence-corrected chi connectivity index (χ1v) is 10.9. The molecule has 0 saturated carbocycles. The van der Waals surface area contributed by atoms with E-state index in [0.717, 1.165) is 37.2 Å². The summed E-state index contributed by atoms with van der Waals surface area (Å²) in [6.45, 7) is 6.74. The number of nitrogens with one attached hydrogen (secondary N) is 2. The topological polar surface area (TPSA) is 112 Å². The smallest absolute Gasteiger partial charge is 0.266 e. The number of aromatic amines is 1. The molecule has 0 spiro atoms. The molecule has 1 fully saturated rings. The van der Waals surface area contributed by atoms with Crippen molar-refractivity contribution in [2.45, 2.75) is 6.92 Å². The van der Waals surface area contributed by atoms with Gasteiger partial charge in [0.05, 0.1) is 55.3 Å². The Kier molecular flexibility index (Phi) is 4.72. The van der Waals surface area contributed by atoms with E-state index in [1.807, 2.05) is 11.0 Å². The summed E-state index contributed by atoms with van der Waals surface area (Å²) >= 11 is 3.39. The minimum atomic E-state index is -0.508. The van der Waals surface area contributed by atoms with Crippen molar-refractivity contribution >= 4 is 49.5 Å². The van der Waals surface area contributed by atoms with Gasteiger partial charge in [0.2, 0.25) is 11.4 Å². The number of aromatic nitrogens is 4. The number of hydrogen-bond acceptors (Lipinski definition) is 6. The first kappa shape index (κ1) is 19.7. The van der Waals surface area contributed by atoms with Crippen LogP contribution in [-0.4, -0.2) is 52.1 Å². The molecule has 0 bridgehead atoms. The summed E-state index contributed by atoms with van der Waals surface area (Å²) in [6, 6.07) is 7.18. The third-order valence-corrected chi connectivity index (χ3v) is 6.43. The molecule has 0 atom stereocenters. The molecule has 0 aliphatic carbocycles. The minimum Gasteiger partial charge on any atom is -0.339 e. The normalized spacial score (nSPS) is 15.1. The molecule has 1 aliphatic heterocycles. The van der Waals surface area contributed by atoms with E-state index >= 15 is 0 Å². The van der Waals surface area contributed by atoms with Gasteiger partial charge < -0.3 is 14.8 Å². The van der Waals surface area contributed by atoms with Crippen molar-refractivity contribution in [3.63, 3.8) is 0 Å². The maximum absolute atomic E-state index is 13.3. The predicted molar refractivity (Wildman–Crippen MR) is 121 cm³/mol. The molecule has 2 N–H and O–H groups in total. The average Bonchev–Trinajstić information content (AvgIpc) is 2.80. The Morgan fingerprint density at radius 1 is 1.29 bits per heavy atom. The fourth-order valence-electron chi connectivity index (χ4n) is 4.17. The molecule has 4 heterocycles. The van der Waals surface area contributed by atoms with Crippen molar-refractivity contribution in [2.75, 3.05) is 37.6 Å². The van der Waals surface area contributed by atoms with Crippen molar-refractivity contribution in [1.29, 1.82) is 5.26 Å². The Morgan fingerprint density at radius 3 is 2.77 bits per heavy atom. The van der Waals surface area contributed by atoms with Gasteiger partial charge in [0, 0.05) is 4.47 Å². The van der Waals surface area contributed by atoms with Crippen molar-refractivity contribution < 1.29 is 4.90 Å². The van der Waals surface area contributed by atoms with E-state index in [4.69, 9.17) is 0 Å². The lowest BCUT2D eigenvalue weighted by Gasteiger charge is -2.31. The summed E-state index contributed by atoms with van der Waals surface area (Å²) in [6.07, 6.45) is 1.51. The summed E-state index contributed by atoms with van der Waals surface area (Å²) in [5.74, 6) is 0.448. The predicted octanol–water partition coefficient (Wildman–Crippen LogP) is 0.443. The Balaban J connectivity index is 1.79. The van der Waals surface area contributed by atoms with Gasteiger partial charge in [-0.15, -0.1) is 0 Å². The molecule has 31 heavy (non-hydrogen) atoms. The number of quaternary nitrogens is 1. The zero-order valence-electron chi connectivity index (χ0n) is 16.8. The van der Waals surface area contributed by atoms with Crippen molar-refractivity contribution in [3.8, 4) is 6.07 Å². The average molecular weight is 481 g/mol. The van der Waals surface area contributed by atoms with Gasteiger partial charge in [-0.2, -0.15) is 5.26 Å². The SMILES string of the molecule is CC[NH+]1CCN(c2ncc3c(n2)c(=O)c(C#N)c2[nH]c4ccc(Br)cc4c(=O)n23)CC1. The molecule has 3 aromatic heterocycles. The largest absolute Gasteiger partial charge is 0.339 e. The van der Waals surface area contributed by atoms with Crippen LogP contribution in [0, 0.1) is 11.3 Å².